The molecule has 1 rings (SSSR count). The standard InChI is InChI=1S/C11H17N3O3S/c1-7-6-18-10(13-7)5-12-4-9(11(16)17-3)14-8(2)15/h6,9,12H,4-5H2,1-3H3,(H,14,15). The molecule has 0 aliphatic rings. The van der Waals surface area contributed by atoms with Crippen molar-refractivity contribution in [3.8, 4) is 0 Å². The number of thiazole rings is 1. The third kappa shape index (κ3) is 4.80. The molecule has 0 radical (unpaired) electrons. The van der Waals surface area contributed by atoms with Crippen molar-refractivity contribution in [2.24, 2.45) is 0 Å². The Morgan fingerprint density at radius 2 is 2.28 bits per heavy atom. The molecule has 7 heteroatoms. The van der Waals surface area contributed by atoms with Gasteiger partial charge in [0.05, 0.1) is 7.11 Å². The number of carbonyl (C=O) groups is 2. The molecule has 0 saturated carbocycles. The molecule has 0 fully saturated rings. The van der Waals surface area contributed by atoms with Crippen molar-refractivity contribution in [2.45, 2.75) is 26.4 Å². The number of nitrogens with zero attached hydrogens (tertiary/aromatic N) is 1. The van der Waals surface area contributed by atoms with Crippen molar-refractivity contribution in [1.82, 2.24) is 15.6 Å². The first kappa shape index (κ1) is 14.6. The summed E-state index contributed by atoms with van der Waals surface area (Å²) in [5, 5.41) is 8.50. The van der Waals surface area contributed by atoms with Crippen molar-refractivity contribution in [2.75, 3.05) is 13.7 Å². The van der Waals surface area contributed by atoms with Gasteiger partial charge in [0, 0.05) is 31.1 Å². The Kier molecular flexibility index (Phi) is 5.73. The van der Waals surface area contributed by atoms with Crippen LogP contribution in [0.5, 0.6) is 0 Å². The second kappa shape index (κ2) is 7.07. The number of aromatic nitrogens is 1. The lowest BCUT2D eigenvalue weighted by molar-refractivity contribution is -0.144. The van der Waals surface area contributed by atoms with E-state index in [-0.39, 0.29) is 5.91 Å². The lowest BCUT2D eigenvalue weighted by Gasteiger charge is -2.15. The second-order valence-corrected chi connectivity index (χ2v) is 4.73. The number of carbonyl (C=O) groups excluding carboxylic acids is 2. The molecule has 0 saturated heterocycles. The van der Waals surface area contributed by atoms with E-state index in [0.717, 1.165) is 10.7 Å². The quantitative estimate of drug-likeness (QED) is 0.723. The van der Waals surface area contributed by atoms with E-state index in [1.165, 1.54) is 14.0 Å². The summed E-state index contributed by atoms with van der Waals surface area (Å²) >= 11 is 1.55. The van der Waals surface area contributed by atoms with Gasteiger partial charge in [-0.15, -0.1) is 11.3 Å². The number of ether oxygens (including phenoxy) is 1. The van der Waals surface area contributed by atoms with Gasteiger partial charge in [0.2, 0.25) is 5.91 Å². The van der Waals surface area contributed by atoms with Crippen LogP contribution in [0.3, 0.4) is 0 Å². The molecule has 1 amide bonds. The fraction of sp³-hybridized carbons (Fsp3) is 0.545. The Bertz CT molecular complexity index is 419. The van der Waals surface area contributed by atoms with Gasteiger partial charge in [-0.1, -0.05) is 0 Å². The highest BCUT2D eigenvalue weighted by Gasteiger charge is 2.19. The highest BCUT2D eigenvalue weighted by molar-refractivity contribution is 7.09. The molecule has 0 aromatic carbocycles. The van der Waals surface area contributed by atoms with Crippen LogP contribution in [0.4, 0.5) is 0 Å². The summed E-state index contributed by atoms with van der Waals surface area (Å²) in [6, 6.07) is -0.673. The maximum atomic E-state index is 11.4. The predicted molar refractivity (Wildman–Crippen MR) is 68.2 cm³/mol. The zero-order valence-corrected chi connectivity index (χ0v) is 11.5. The molecule has 1 aromatic rings. The monoisotopic (exact) mass is 271 g/mol. The Hall–Kier alpha value is -1.47. The average molecular weight is 271 g/mol. The van der Waals surface area contributed by atoms with Crippen molar-refractivity contribution >= 4 is 23.2 Å². The van der Waals surface area contributed by atoms with Gasteiger partial charge in [-0.05, 0) is 6.92 Å². The zero-order valence-electron chi connectivity index (χ0n) is 10.6. The first-order valence-electron chi connectivity index (χ1n) is 5.49. The van der Waals surface area contributed by atoms with E-state index in [4.69, 9.17) is 0 Å². The van der Waals surface area contributed by atoms with E-state index in [9.17, 15) is 9.59 Å². The fourth-order valence-corrected chi connectivity index (χ4v) is 2.13. The zero-order chi connectivity index (χ0) is 13.5. The van der Waals surface area contributed by atoms with Gasteiger partial charge in [-0.3, -0.25) is 4.79 Å². The van der Waals surface area contributed by atoms with Crippen LogP contribution < -0.4 is 10.6 Å². The van der Waals surface area contributed by atoms with E-state index in [1.54, 1.807) is 11.3 Å². The third-order valence-electron chi connectivity index (χ3n) is 2.15. The molecular formula is C11H17N3O3S. The molecule has 0 aliphatic carbocycles. The summed E-state index contributed by atoms with van der Waals surface area (Å²) < 4.78 is 4.61. The van der Waals surface area contributed by atoms with E-state index in [1.807, 2.05) is 12.3 Å². The van der Waals surface area contributed by atoms with Crippen molar-refractivity contribution in [3.63, 3.8) is 0 Å². The normalized spacial score (nSPS) is 11.9. The van der Waals surface area contributed by atoms with Gasteiger partial charge in [-0.25, -0.2) is 9.78 Å². The van der Waals surface area contributed by atoms with Gasteiger partial charge in [-0.2, -0.15) is 0 Å². The molecule has 1 atom stereocenters. The maximum absolute atomic E-state index is 11.4. The largest absolute Gasteiger partial charge is 0.467 e. The Balaban J connectivity index is 2.41. The Morgan fingerprint density at radius 3 is 2.78 bits per heavy atom. The first-order chi connectivity index (χ1) is 8.52. The molecule has 6 nitrogen and oxygen atoms in total. The summed E-state index contributed by atoms with van der Waals surface area (Å²) in [5.41, 5.74) is 0.975. The number of aryl methyl sites for hydroxylation is 1. The van der Waals surface area contributed by atoms with Gasteiger partial charge < -0.3 is 15.4 Å². The highest BCUT2D eigenvalue weighted by Crippen LogP contribution is 2.07. The fourth-order valence-electron chi connectivity index (χ4n) is 1.39. The minimum Gasteiger partial charge on any atom is -0.467 e. The van der Waals surface area contributed by atoms with Crippen LogP contribution in [-0.2, 0) is 20.9 Å². The molecule has 1 aromatic heterocycles. The molecule has 18 heavy (non-hydrogen) atoms. The maximum Gasteiger partial charge on any atom is 0.329 e. The second-order valence-electron chi connectivity index (χ2n) is 3.79. The van der Waals surface area contributed by atoms with Crippen LogP contribution in [0.15, 0.2) is 5.38 Å². The summed E-state index contributed by atoms with van der Waals surface area (Å²) in [6.45, 7) is 4.16. The molecule has 0 bridgehead atoms. The van der Waals surface area contributed by atoms with Crippen LogP contribution >= 0.6 is 11.3 Å². The summed E-state index contributed by atoms with van der Waals surface area (Å²) in [4.78, 5) is 26.6. The molecule has 2 N–H and O–H groups in total. The van der Waals surface area contributed by atoms with Crippen molar-refractivity contribution in [1.29, 1.82) is 0 Å². The molecule has 100 valence electrons. The highest BCUT2D eigenvalue weighted by atomic mass is 32.1. The Labute approximate surface area is 110 Å². The number of esters is 1. The third-order valence-corrected chi connectivity index (χ3v) is 3.12. The SMILES string of the molecule is COC(=O)C(CNCc1nc(C)cs1)NC(C)=O. The van der Waals surface area contributed by atoms with Gasteiger partial charge >= 0.3 is 5.97 Å². The summed E-state index contributed by atoms with van der Waals surface area (Å²) in [5.74, 6) is -0.731. The minimum absolute atomic E-state index is 0.266. The van der Waals surface area contributed by atoms with Crippen molar-refractivity contribution < 1.29 is 14.3 Å². The lowest BCUT2D eigenvalue weighted by atomic mass is 10.3. The van der Waals surface area contributed by atoms with Gasteiger partial charge in [0.25, 0.3) is 0 Å². The lowest BCUT2D eigenvalue weighted by Crippen LogP contribution is -2.46. The number of hydrogen-bond donors (Lipinski definition) is 2. The van der Waals surface area contributed by atoms with Crippen molar-refractivity contribution in [3.05, 3.63) is 16.1 Å². The van der Waals surface area contributed by atoms with Gasteiger partial charge in [0.15, 0.2) is 0 Å². The molecule has 1 heterocycles. The van der Waals surface area contributed by atoms with E-state index in [0.29, 0.717) is 13.1 Å². The number of hydrogen-bond acceptors (Lipinski definition) is 6. The number of amides is 1. The number of rotatable bonds is 6. The minimum atomic E-state index is -0.673. The van der Waals surface area contributed by atoms with Crippen LogP contribution in [0.1, 0.15) is 17.6 Å². The summed E-state index contributed by atoms with van der Waals surface area (Å²) in [7, 11) is 1.29. The topological polar surface area (TPSA) is 80.3 Å². The van der Waals surface area contributed by atoms with Gasteiger partial charge in [0.1, 0.15) is 11.0 Å². The van der Waals surface area contributed by atoms with E-state index in [2.05, 4.69) is 20.4 Å². The number of methoxy groups -OCH3 is 1. The summed E-state index contributed by atoms with van der Waals surface area (Å²) in [6.07, 6.45) is 0. The van der Waals surface area contributed by atoms with Crippen LogP contribution in [0.25, 0.3) is 0 Å². The Morgan fingerprint density at radius 1 is 1.56 bits per heavy atom. The smallest absolute Gasteiger partial charge is 0.329 e. The molecular weight excluding hydrogens is 254 g/mol. The molecule has 1 unspecified atom stereocenters. The molecule has 0 aliphatic heterocycles. The number of nitrogens with one attached hydrogen (secondary N) is 2. The average Bonchev–Trinajstić information content (AvgIpc) is 2.72. The molecule has 0 spiro atoms. The predicted octanol–water partition coefficient (Wildman–Crippen LogP) is 0.219. The van der Waals surface area contributed by atoms with E-state index < -0.39 is 12.0 Å². The van der Waals surface area contributed by atoms with Crippen LogP contribution in [0, 0.1) is 6.92 Å². The van der Waals surface area contributed by atoms with Crippen LogP contribution in [0.2, 0.25) is 0 Å². The first-order valence-corrected chi connectivity index (χ1v) is 6.37. The van der Waals surface area contributed by atoms with Crippen LogP contribution in [-0.4, -0.2) is 36.6 Å². The van der Waals surface area contributed by atoms with E-state index >= 15 is 0 Å².